The second kappa shape index (κ2) is 9.97. The number of benzene rings is 8. The lowest BCUT2D eigenvalue weighted by Crippen LogP contribution is -1.94. The molecule has 0 radical (unpaired) electrons. The standard InChI is InChI=1S/C44H27NS/c1-2-13-33(14-3-1)45-39-18-7-6-16-36(39)43-37(27-32-10-4-5-15-34(32)44(43)45)29-22-20-28(21-23-29)31-24-25-40-38(26-31)35-17-8-11-30-12-9-19-41(46-40)42(30)35/h1-27H. The van der Waals surface area contributed by atoms with Crippen molar-refractivity contribution in [2.75, 3.05) is 0 Å². The van der Waals surface area contributed by atoms with Crippen LogP contribution >= 0.6 is 11.8 Å². The Kier molecular flexibility index (Phi) is 5.58. The van der Waals surface area contributed by atoms with Crippen LogP contribution in [0.25, 0.3) is 82.4 Å². The molecule has 1 aliphatic rings. The minimum atomic E-state index is 1.18. The molecule has 1 aliphatic heterocycles. The number of fused-ring (bicyclic) bond motifs is 7. The quantitative estimate of drug-likeness (QED) is 0.195. The zero-order valence-electron chi connectivity index (χ0n) is 24.9. The van der Waals surface area contributed by atoms with Gasteiger partial charge < -0.3 is 4.57 Å². The van der Waals surface area contributed by atoms with Crippen molar-refractivity contribution in [2.45, 2.75) is 9.79 Å². The van der Waals surface area contributed by atoms with E-state index in [1.54, 1.807) is 0 Å². The highest BCUT2D eigenvalue weighted by Crippen LogP contribution is 2.49. The van der Waals surface area contributed by atoms with Crippen molar-refractivity contribution in [1.29, 1.82) is 0 Å². The minimum Gasteiger partial charge on any atom is -0.309 e. The van der Waals surface area contributed by atoms with Crippen molar-refractivity contribution >= 4 is 55.1 Å². The number of nitrogens with zero attached hydrogens (tertiary/aromatic N) is 1. The molecule has 0 amide bonds. The first kappa shape index (κ1) is 25.7. The second-order valence-electron chi connectivity index (χ2n) is 12.1. The maximum absolute atomic E-state index is 2.44. The molecule has 2 heterocycles. The van der Waals surface area contributed by atoms with E-state index in [1.165, 1.54) is 92.2 Å². The van der Waals surface area contributed by atoms with Gasteiger partial charge in [0.05, 0.1) is 11.0 Å². The van der Waals surface area contributed by atoms with E-state index in [1.807, 2.05) is 11.8 Å². The summed E-state index contributed by atoms with van der Waals surface area (Å²) in [5.41, 5.74) is 11.3. The Bertz CT molecular complexity index is 2640. The van der Waals surface area contributed by atoms with Crippen molar-refractivity contribution in [3.63, 3.8) is 0 Å². The average Bonchev–Trinajstić information content (AvgIpc) is 3.48. The fourth-order valence-corrected chi connectivity index (χ4v) is 8.62. The van der Waals surface area contributed by atoms with Gasteiger partial charge in [-0.15, -0.1) is 0 Å². The maximum Gasteiger partial charge on any atom is 0.0625 e. The van der Waals surface area contributed by atoms with Crippen LogP contribution in [0.1, 0.15) is 0 Å². The monoisotopic (exact) mass is 601 g/mol. The molecule has 0 atom stereocenters. The summed E-state index contributed by atoms with van der Waals surface area (Å²) in [6, 6.07) is 60.2. The van der Waals surface area contributed by atoms with Gasteiger partial charge in [0.1, 0.15) is 0 Å². The van der Waals surface area contributed by atoms with E-state index >= 15 is 0 Å². The Hall–Kier alpha value is -5.57. The van der Waals surface area contributed by atoms with E-state index in [9.17, 15) is 0 Å². The summed E-state index contributed by atoms with van der Waals surface area (Å²) in [4.78, 5) is 2.66. The van der Waals surface area contributed by atoms with E-state index in [2.05, 4.69) is 168 Å². The fraction of sp³-hybridized carbons (Fsp3) is 0. The highest BCUT2D eigenvalue weighted by Gasteiger charge is 2.21. The van der Waals surface area contributed by atoms with Gasteiger partial charge in [0, 0.05) is 37.0 Å². The van der Waals surface area contributed by atoms with Gasteiger partial charge in [-0.3, -0.25) is 0 Å². The van der Waals surface area contributed by atoms with Crippen LogP contribution in [0.4, 0.5) is 0 Å². The third kappa shape index (κ3) is 3.77. The first-order chi connectivity index (χ1) is 22.8. The molecule has 0 fully saturated rings. The van der Waals surface area contributed by atoms with Gasteiger partial charge in [0.25, 0.3) is 0 Å². The van der Waals surface area contributed by atoms with Crippen LogP contribution in [0.5, 0.6) is 0 Å². The third-order valence-electron chi connectivity index (χ3n) is 9.56. The van der Waals surface area contributed by atoms with Gasteiger partial charge in [-0.2, -0.15) is 0 Å². The van der Waals surface area contributed by atoms with Crippen LogP contribution in [-0.4, -0.2) is 4.57 Å². The smallest absolute Gasteiger partial charge is 0.0625 e. The Morgan fingerprint density at radius 2 is 1.09 bits per heavy atom. The van der Waals surface area contributed by atoms with Crippen molar-refractivity contribution in [3.05, 3.63) is 164 Å². The van der Waals surface area contributed by atoms with E-state index in [4.69, 9.17) is 0 Å². The summed E-state index contributed by atoms with van der Waals surface area (Å²) >= 11 is 1.88. The van der Waals surface area contributed by atoms with Crippen LogP contribution in [0.3, 0.4) is 0 Å². The van der Waals surface area contributed by atoms with Crippen LogP contribution in [0.2, 0.25) is 0 Å². The number of para-hydroxylation sites is 2. The van der Waals surface area contributed by atoms with E-state index < -0.39 is 0 Å². The highest BCUT2D eigenvalue weighted by atomic mass is 32.2. The Labute approximate surface area is 271 Å². The lowest BCUT2D eigenvalue weighted by atomic mass is 9.92. The summed E-state index contributed by atoms with van der Waals surface area (Å²) in [5, 5.41) is 7.75. The van der Waals surface area contributed by atoms with Gasteiger partial charge in [-0.05, 0) is 86.6 Å². The van der Waals surface area contributed by atoms with Crippen LogP contribution in [0.15, 0.2) is 174 Å². The van der Waals surface area contributed by atoms with Crippen LogP contribution in [0, 0.1) is 0 Å². The zero-order chi connectivity index (χ0) is 30.2. The van der Waals surface area contributed by atoms with Gasteiger partial charge in [-0.25, -0.2) is 0 Å². The first-order valence-electron chi connectivity index (χ1n) is 15.8. The van der Waals surface area contributed by atoms with Crippen LogP contribution in [-0.2, 0) is 0 Å². The molecule has 1 nitrogen and oxygen atoms in total. The van der Waals surface area contributed by atoms with Crippen molar-refractivity contribution in [2.24, 2.45) is 0 Å². The normalized spacial score (nSPS) is 12.3. The first-order valence-corrected chi connectivity index (χ1v) is 16.6. The van der Waals surface area contributed by atoms with Gasteiger partial charge in [-0.1, -0.05) is 133 Å². The summed E-state index contributed by atoms with van der Waals surface area (Å²) in [6.07, 6.45) is 0. The number of aromatic nitrogens is 1. The topological polar surface area (TPSA) is 4.93 Å². The number of rotatable bonds is 3. The lowest BCUT2D eigenvalue weighted by Gasteiger charge is -2.21. The van der Waals surface area contributed by atoms with Gasteiger partial charge in [0.15, 0.2) is 0 Å². The predicted molar refractivity (Wildman–Crippen MR) is 196 cm³/mol. The molecule has 0 saturated carbocycles. The molecule has 0 spiro atoms. The highest BCUT2D eigenvalue weighted by molar-refractivity contribution is 7.99. The Morgan fingerprint density at radius 1 is 0.391 bits per heavy atom. The molecule has 0 bridgehead atoms. The number of hydrogen-bond donors (Lipinski definition) is 0. The van der Waals surface area contributed by atoms with E-state index in [0.29, 0.717) is 0 Å². The molecule has 0 unspecified atom stereocenters. The van der Waals surface area contributed by atoms with Crippen molar-refractivity contribution in [3.8, 4) is 39.1 Å². The van der Waals surface area contributed by atoms with Gasteiger partial charge in [0.2, 0.25) is 0 Å². The molecule has 1 aromatic heterocycles. The van der Waals surface area contributed by atoms with E-state index in [0.717, 1.165) is 0 Å². The SMILES string of the molecule is c1ccc(-n2c3ccccc3c3c(-c4ccc(-c5ccc6c(c5)-c5cccc7cccc(c57)S6)cc4)cc4ccccc4c32)cc1. The molecule has 9 aromatic rings. The summed E-state index contributed by atoms with van der Waals surface area (Å²) in [6.45, 7) is 0. The largest absolute Gasteiger partial charge is 0.309 e. The fourth-order valence-electron chi connectivity index (χ4n) is 7.49. The second-order valence-corrected chi connectivity index (χ2v) is 13.2. The molecule has 0 N–H and O–H groups in total. The van der Waals surface area contributed by atoms with Crippen molar-refractivity contribution in [1.82, 2.24) is 4.57 Å². The molecule has 0 aliphatic carbocycles. The summed E-state index contributed by atoms with van der Waals surface area (Å²) < 4.78 is 2.44. The molecule has 8 aromatic carbocycles. The van der Waals surface area contributed by atoms with E-state index in [-0.39, 0.29) is 0 Å². The summed E-state index contributed by atoms with van der Waals surface area (Å²) in [7, 11) is 0. The third-order valence-corrected chi connectivity index (χ3v) is 10.7. The molecule has 46 heavy (non-hydrogen) atoms. The zero-order valence-corrected chi connectivity index (χ0v) is 25.8. The van der Waals surface area contributed by atoms with Gasteiger partial charge >= 0.3 is 0 Å². The van der Waals surface area contributed by atoms with Crippen molar-refractivity contribution < 1.29 is 0 Å². The average molecular weight is 602 g/mol. The Morgan fingerprint density at radius 3 is 1.96 bits per heavy atom. The number of hydrogen-bond acceptors (Lipinski definition) is 1. The van der Waals surface area contributed by atoms with Crippen LogP contribution < -0.4 is 0 Å². The molecule has 2 heteroatoms. The lowest BCUT2D eigenvalue weighted by molar-refractivity contribution is 1.19. The minimum absolute atomic E-state index is 1.18. The molecular weight excluding hydrogens is 575 g/mol. The molecule has 214 valence electrons. The predicted octanol–water partition coefficient (Wildman–Crippen LogP) is 12.6. The Balaban J connectivity index is 1.15. The maximum atomic E-state index is 2.44. The summed E-state index contributed by atoms with van der Waals surface area (Å²) in [5.74, 6) is 0. The molecule has 0 saturated heterocycles. The molecule has 10 rings (SSSR count). The molecular formula is C44H27NS.